The standard InChI is InChI=1S/C56H67N7O15/c1-28-11-10-12-29(2)53(70)58-45-44-43(59-56(60-44)18-20-61(21-19-56)23-35-13-15-36(16-14-35)26-74-37-24-62-25-39(63(71)72)57-54(62)75-27-37)40-41(49(45)68)48(67)33(6)51-42(40)52(69)55(8,78-51)76-22-17-38(73-9)30(3)50(77-34(7)64)32(5)47(66)31(4)46(28)65/h10-17,22,25,28,30-32,37-38,46-47,50,59,65-68H,18-21,23-24,26-27H2,1-9H3/b11-10+,22-17+,29-12-,58-45?/t28-,30?,31+,32+,37-,38-,46-,47+,50+,55-/m0/s1. The number of Topliss-reactive ketones (excluding diaryl/α,β-unsaturated/α-hetero) is 1. The minimum Gasteiger partial charge on any atom is -0.507 e. The van der Waals surface area contributed by atoms with Crippen molar-refractivity contribution in [3.05, 3.63) is 110 Å². The monoisotopic (exact) mass is 1080 g/mol. The Hall–Kier alpha value is -7.24. The number of phenols is 2. The number of anilines is 1. The van der Waals surface area contributed by atoms with Gasteiger partial charge in [-0.1, -0.05) is 70.2 Å². The maximum absolute atomic E-state index is 15.0. The number of nitro groups is 1. The van der Waals surface area contributed by atoms with Crippen LogP contribution in [-0.4, -0.2) is 126 Å². The summed E-state index contributed by atoms with van der Waals surface area (Å²) in [6.07, 6.45) is 5.63. The van der Waals surface area contributed by atoms with Crippen LogP contribution in [-0.2, 0) is 48.2 Å². The summed E-state index contributed by atoms with van der Waals surface area (Å²) in [4.78, 5) is 67.9. The molecule has 5 aliphatic rings. The van der Waals surface area contributed by atoms with Gasteiger partial charge < -0.3 is 64.3 Å². The van der Waals surface area contributed by atoms with Gasteiger partial charge in [0.15, 0.2) is 5.75 Å². The lowest BCUT2D eigenvalue weighted by Crippen LogP contribution is -2.46. The molecule has 1 saturated heterocycles. The van der Waals surface area contributed by atoms with Crippen molar-refractivity contribution >= 4 is 39.9 Å². The fourth-order valence-electron chi connectivity index (χ4n) is 11.2. The maximum Gasteiger partial charge on any atom is 0.414 e. The number of carbonyl (C=O) groups is 3. The van der Waals surface area contributed by atoms with Gasteiger partial charge in [-0.05, 0) is 36.0 Å². The number of ether oxygens (including phenoxy) is 6. The number of aromatic hydroxyl groups is 2. The first-order chi connectivity index (χ1) is 37.0. The van der Waals surface area contributed by atoms with Gasteiger partial charge in [0.2, 0.25) is 0 Å². The molecule has 1 unspecified atom stereocenters. The molecular formula is C56H67N7O15. The first-order valence-electron chi connectivity index (χ1n) is 26.1. The number of aliphatic hydroxyl groups is 2. The van der Waals surface area contributed by atoms with Crippen LogP contribution in [0.4, 0.5) is 11.5 Å². The number of piperidine rings is 1. The summed E-state index contributed by atoms with van der Waals surface area (Å²) in [5.74, 6) is -7.73. The van der Waals surface area contributed by atoms with Crippen molar-refractivity contribution in [1.82, 2.24) is 14.5 Å². The molecule has 5 aliphatic heterocycles. The first-order valence-corrected chi connectivity index (χ1v) is 26.1. The molecule has 4 bridgehead atoms. The third kappa shape index (κ3) is 10.6. The fraction of sp³-hybridized carbons (Fsp3) is 0.500. The van der Waals surface area contributed by atoms with Crippen molar-refractivity contribution in [2.24, 2.45) is 33.7 Å². The van der Waals surface area contributed by atoms with Gasteiger partial charge in [-0.25, -0.2) is 4.99 Å². The lowest BCUT2D eigenvalue weighted by molar-refractivity contribution is -0.389. The maximum atomic E-state index is 15.0. The van der Waals surface area contributed by atoms with Crippen molar-refractivity contribution in [2.75, 3.05) is 32.1 Å². The van der Waals surface area contributed by atoms with Gasteiger partial charge in [0, 0.05) is 98.6 Å². The number of nitrogens with zero attached hydrogens (tertiary/aromatic N) is 6. The van der Waals surface area contributed by atoms with Crippen molar-refractivity contribution in [3.63, 3.8) is 0 Å². The Morgan fingerprint density at radius 2 is 1.67 bits per heavy atom. The zero-order valence-corrected chi connectivity index (χ0v) is 45.1. The molecule has 0 radical (unpaired) electrons. The van der Waals surface area contributed by atoms with E-state index in [4.69, 9.17) is 33.4 Å². The Bertz CT molecular complexity index is 3260. The third-order valence-corrected chi connectivity index (χ3v) is 15.9. The lowest BCUT2D eigenvalue weighted by atomic mass is 9.78. The Morgan fingerprint density at radius 1 is 0.962 bits per heavy atom. The largest absolute Gasteiger partial charge is 0.507 e. The number of methoxy groups -OCH3 is 1. The smallest absolute Gasteiger partial charge is 0.414 e. The molecule has 1 amide bonds. The summed E-state index contributed by atoms with van der Waals surface area (Å²) in [6.45, 7) is 15.4. The summed E-state index contributed by atoms with van der Waals surface area (Å²) in [5, 5.41) is 62.1. The molecule has 1 fully saturated rings. The average Bonchev–Trinajstić information content (AvgIpc) is 4.30. The minimum absolute atomic E-state index is 0.00726. The second kappa shape index (κ2) is 21.9. The number of likely N-dealkylation sites (tertiary alicyclic amines) is 1. The second-order valence-corrected chi connectivity index (χ2v) is 21.4. The molecule has 416 valence electrons. The number of allylic oxidation sites excluding steroid dienone is 2. The van der Waals surface area contributed by atoms with Crippen LogP contribution in [0, 0.1) is 40.7 Å². The van der Waals surface area contributed by atoms with E-state index in [1.54, 1.807) is 51.3 Å². The number of hydrogen-bond donors (Lipinski definition) is 5. The van der Waals surface area contributed by atoms with E-state index < -0.39 is 93.6 Å². The van der Waals surface area contributed by atoms with Gasteiger partial charge in [-0.2, -0.15) is 0 Å². The molecule has 0 aliphatic carbocycles. The molecule has 5 N–H and O–H groups in total. The molecule has 4 aromatic rings. The summed E-state index contributed by atoms with van der Waals surface area (Å²) in [7, 11) is 1.46. The molecule has 3 aromatic carbocycles. The number of carbonyl (C=O) groups excluding carboxylic acids is 3. The number of amides is 1. The predicted octanol–water partition coefficient (Wildman–Crippen LogP) is 5.38. The van der Waals surface area contributed by atoms with E-state index in [0.29, 0.717) is 45.6 Å². The number of phenolic OH excluding ortho intramolecular Hbond substituents is 2. The van der Waals surface area contributed by atoms with Gasteiger partial charge in [-0.3, -0.25) is 28.8 Å². The molecule has 22 heteroatoms. The normalized spacial score (nSPS) is 29.7. The molecular weight excluding hydrogens is 1010 g/mol. The number of esters is 1. The van der Waals surface area contributed by atoms with Crippen molar-refractivity contribution in [1.29, 1.82) is 0 Å². The van der Waals surface area contributed by atoms with Gasteiger partial charge in [0.05, 0.1) is 54.4 Å². The third-order valence-electron chi connectivity index (χ3n) is 15.9. The zero-order valence-electron chi connectivity index (χ0n) is 45.1. The Morgan fingerprint density at radius 3 is 2.35 bits per heavy atom. The van der Waals surface area contributed by atoms with Crippen LogP contribution in [0.3, 0.4) is 0 Å². The van der Waals surface area contributed by atoms with E-state index in [9.17, 15) is 44.9 Å². The molecule has 6 heterocycles. The Kier molecular flexibility index (Phi) is 15.6. The van der Waals surface area contributed by atoms with Crippen molar-refractivity contribution < 1.29 is 68.2 Å². The molecule has 10 atom stereocenters. The van der Waals surface area contributed by atoms with Gasteiger partial charge in [0.1, 0.15) is 52.9 Å². The highest BCUT2D eigenvalue weighted by Crippen LogP contribution is 2.51. The first kappa shape index (κ1) is 55.5. The quantitative estimate of drug-likeness (QED) is 0.0641. The second-order valence-electron chi connectivity index (χ2n) is 21.4. The van der Waals surface area contributed by atoms with E-state index in [1.165, 1.54) is 52.5 Å². The Labute approximate surface area is 449 Å². The number of benzene rings is 3. The highest BCUT2D eigenvalue weighted by molar-refractivity contribution is 6.21. The number of imidazole rings is 1. The zero-order chi connectivity index (χ0) is 56.1. The van der Waals surface area contributed by atoms with Crippen LogP contribution < -0.4 is 25.5 Å². The van der Waals surface area contributed by atoms with E-state index >= 15 is 0 Å². The van der Waals surface area contributed by atoms with Crippen molar-refractivity contribution in [3.8, 4) is 23.3 Å². The molecule has 78 heavy (non-hydrogen) atoms. The minimum atomic E-state index is -2.01. The number of aromatic nitrogens is 2. The molecule has 0 saturated carbocycles. The summed E-state index contributed by atoms with van der Waals surface area (Å²) in [6, 6.07) is 8.24. The number of fused-ring (bicyclic) bond motifs is 2. The molecule has 1 spiro atoms. The fourth-order valence-corrected chi connectivity index (χ4v) is 11.2. The number of nitrogens with one attached hydrogen (secondary N) is 1. The molecule has 9 rings (SSSR count). The number of rotatable bonds is 8. The van der Waals surface area contributed by atoms with Crippen LogP contribution in [0.25, 0.3) is 10.8 Å². The summed E-state index contributed by atoms with van der Waals surface area (Å²) in [5.41, 5.74) is 1.58. The highest BCUT2D eigenvalue weighted by Gasteiger charge is 2.51. The van der Waals surface area contributed by atoms with Gasteiger partial charge in [0.25, 0.3) is 11.7 Å². The lowest BCUT2D eigenvalue weighted by Gasteiger charge is -2.38. The Balaban J connectivity index is 1.02. The number of ketones is 1. The van der Waals surface area contributed by atoms with Crippen LogP contribution in [0.15, 0.2) is 76.6 Å². The van der Waals surface area contributed by atoms with Crippen molar-refractivity contribution in [2.45, 2.75) is 130 Å². The highest BCUT2D eigenvalue weighted by atomic mass is 16.7. The van der Waals surface area contributed by atoms with Crippen LogP contribution in [0.2, 0.25) is 0 Å². The van der Waals surface area contributed by atoms with Gasteiger partial charge >= 0.3 is 23.6 Å². The van der Waals surface area contributed by atoms with Crippen LogP contribution in [0.5, 0.6) is 23.3 Å². The van der Waals surface area contributed by atoms with E-state index in [2.05, 4.69) is 20.2 Å². The number of aliphatic hydroxyl groups excluding tert-OH is 2. The van der Waals surface area contributed by atoms with Gasteiger partial charge in [-0.15, -0.1) is 0 Å². The SMILES string of the molecule is CO[C@H]1/C=C/O[C@@]2(C)Oc3c(C)c(O)c4c(O)c(c5c(c4c3C2=O)NC2(CCN(Cc3ccc(CO[C@@H]4COc6nc([N+](=O)[O-])cn6C4)cc3)CC2)N=5)=NC(=O)/C(C)=C\C=C\[C@H](C)[C@H](O)[C@@H](C)[C@@H](O)[C@@H](C)[C@H](OC(C)=O)C1C. The average molecular weight is 1080 g/mol. The van der Waals surface area contributed by atoms with E-state index in [1.807, 2.05) is 24.3 Å². The molecule has 22 nitrogen and oxygen atoms in total. The topological polar surface area (TPSA) is 288 Å². The van der Waals surface area contributed by atoms with E-state index in [-0.39, 0.29) is 74.2 Å². The van der Waals surface area contributed by atoms with Crippen LogP contribution in [0.1, 0.15) is 88.4 Å². The number of hydrogen-bond acceptors (Lipinski definition) is 19. The summed E-state index contributed by atoms with van der Waals surface area (Å²) < 4.78 is 37.4. The summed E-state index contributed by atoms with van der Waals surface area (Å²) >= 11 is 0. The van der Waals surface area contributed by atoms with E-state index in [0.717, 1.165) is 11.1 Å². The molecule has 1 aromatic heterocycles. The van der Waals surface area contributed by atoms with Crippen LogP contribution >= 0.6 is 0 Å². The predicted molar refractivity (Wildman–Crippen MR) is 281 cm³/mol.